The summed E-state index contributed by atoms with van der Waals surface area (Å²) >= 11 is 0. The summed E-state index contributed by atoms with van der Waals surface area (Å²) in [5.74, 6) is 2.46. The molecule has 0 amide bonds. The number of benzene rings is 3. The number of rotatable bonds is 3. The Bertz CT molecular complexity index is 1090. The van der Waals surface area contributed by atoms with Gasteiger partial charge in [0.2, 0.25) is 0 Å². The lowest BCUT2D eigenvalue weighted by Gasteiger charge is -2.11. The van der Waals surface area contributed by atoms with E-state index in [-0.39, 0.29) is 23.7 Å². The number of fused-ring (bicyclic) bond motifs is 2. The average Bonchev–Trinajstić information content (AvgIpc) is 2.92. The Labute approximate surface area is 150 Å². The lowest BCUT2D eigenvalue weighted by molar-refractivity contribution is 0.0990. The normalized spacial score (nSPS) is 12.8. The van der Waals surface area contributed by atoms with Crippen LogP contribution in [-0.4, -0.2) is 18.2 Å². The SMILES string of the molecule is C#CCOc1ccc2ccccc2c1C=C1C(=O)c2ccccc2C1=O. The summed E-state index contributed by atoms with van der Waals surface area (Å²) in [5, 5.41) is 1.88. The predicted octanol–water partition coefficient (Wildman–Crippen LogP) is 4.31. The number of allylic oxidation sites excluding steroid dienone is 1. The molecule has 0 fully saturated rings. The van der Waals surface area contributed by atoms with Crippen LogP contribution in [0.3, 0.4) is 0 Å². The highest BCUT2D eigenvalue weighted by Crippen LogP contribution is 2.34. The first-order chi connectivity index (χ1) is 12.7. The van der Waals surface area contributed by atoms with Gasteiger partial charge in [0, 0.05) is 16.7 Å². The Hall–Kier alpha value is -3.64. The highest BCUT2D eigenvalue weighted by Gasteiger charge is 2.32. The molecule has 3 heteroatoms. The first-order valence-corrected chi connectivity index (χ1v) is 8.19. The van der Waals surface area contributed by atoms with Gasteiger partial charge in [-0.25, -0.2) is 0 Å². The summed E-state index contributed by atoms with van der Waals surface area (Å²) in [4.78, 5) is 25.4. The molecule has 1 aliphatic rings. The Morgan fingerprint density at radius 1 is 0.885 bits per heavy atom. The standard InChI is InChI=1S/C23H14O3/c1-2-13-26-21-12-11-15-7-3-4-8-16(15)19(21)14-20-22(24)17-9-5-6-10-18(17)23(20)25/h1,3-12,14H,13H2. The predicted molar refractivity (Wildman–Crippen MR) is 101 cm³/mol. The molecule has 1 aliphatic carbocycles. The number of carbonyl (C=O) groups is 2. The summed E-state index contributed by atoms with van der Waals surface area (Å²) in [7, 11) is 0. The van der Waals surface area contributed by atoms with E-state index in [0.717, 1.165) is 10.8 Å². The number of terminal acetylenes is 1. The van der Waals surface area contributed by atoms with Gasteiger partial charge in [0.15, 0.2) is 11.6 Å². The van der Waals surface area contributed by atoms with Crippen molar-refractivity contribution in [2.45, 2.75) is 0 Å². The monoisotopic (exact) mass is 338 g/mol. The lowest BCUT2D eigenvalue weighted by atomic mass is 9.99. The number of ether oxygens (including phenoxy) is 1. The van der Waals surface area contributed by atoms with E-state index in [4.69, 9.17) is 11.2 Å². The van der Waals surface area contributed by atoms with Crippen LogP contribution in [0.15, 0.2) is 66.2 Å². The molecule has 3 nitrogen and oxygen atoms in total. The van der Waals surface area contributed by atoms with E-state index in [1.807, 2.05) is 36.4 Å². The number of Topliss-reactive ketones (excluding diaryl/α,β-unsaturated/α-hetero) is 2. The average molecular weight is 338 g/mol. The van der Waals surface area contributed by atoms with Gasteiger partial charge >= 0.3 is 0 Å². The Morgan fingerprint density at radius 3 is 2.23 bits per heavy atom. The molecule has 0 saturated carbocycles. The third kappa shape index (κ3) is 2.49. The number of carbonyl (C=O) groups excluding carboxylic acids is 2. The third-order valence-corrected chi connectivity index (χ3v) is 4.44. The van der Waals surface area contributed by atoms with Gasteiger partial charge in [-0.05, 0) is 22.9 Å². The number of hydrogen-bond acceptors (Lipinski definition) is 3. The Kier molecular flexibility index (Phi) is 3.87. The highest BCUT2D eigenvalue weighted by molar-refractivity contribution is 6.41. The molecule has 3 aromatic rings. The van der Waals surface area contributed by atoms with Gasteiger partial charge in [0.25, 0.3) is 0 Å². The molecule has 0 saturated heterocycles. The van der Waals surface area contributed by atoms with Crippen molar-refractivity contribution in [2.75, 3.05) is 6.61 Å². The van der Waals surface area contributed by atoms with Crippen LogP contribution in [0.5, 0.6) is 5.75 Å². The topological polar surface area (TPSA) is 43.4 Å². The van der Waals surface area contributed by atoms with Gasteiger partial charge in [-0.1, -0.05) is 60.5 Å². The molecule has 0 spiro atoms. The molecule has 0 unspecified atom stereocenters. The Balaban J connectivity index is 1.92. The fraction of sp³-hybridized carbons (Fsp3) is 0.0435. The van der Waals surface area contributed by atoms with Crippen molar-refractivity contribution in [1.82, 2.24) is 0 Å². The maximum absolute atomic E-state index is 12.7. The van der Waals surface area contributed by atoms with Crippen LogP contribution in [0.2, 0.25) is 0 Å². The molecule has 0 aliphatic heterocycles. The molecule has 26 heavy (non-hydrogen) atoms. The number of ketones is 2. The Morgan fingerprint density at radius 2 is 1.54 bits per heavy atom. The summed E-state index contributed by atoms with van der Waals surface area (Å²) in [6.45, 7) is 0.108. The summed E-state index contributed by atoms with van der Waals surface area (Å²) < 4.78 is 5.65. The fourth-order valence-corrected chi connectivity index (χ4v) is 3.22. The summed E-state index contributed by atoms with van der Waals surface area (Å²) in [6, 6.07) is 18.3. The van der Waals surface area contributed by atoms with Crippen LogP contribution in [0.1, 0.15) is 26.3 Å². The second-order valence-corrected chi connectivity index (χ2v) is 5.95. The second kappa shape index (κ2) is 6.34. The van der Waals surface area contributed by atoms with Crippen molar-refractivity contribution in [3.63, 3.8) is 0 Å². The summed E-state index contributed by atoms with van der Waals surface area (Å²) in [5.41, 5.74) is 1.71. The zero-order valence-electron chi connectivity index (χ0n) is 13.9. The van der Waals surface area contributed by atoms with Crippen LogP contribution in [-0.2, 0) is 0 Å². The molecule has 4 rings (SSSR count). The van der Waals surface area contributed by atoms with Crippen LogP contribution >= 0.6 is 0 Å². The molecule has 0 bridgehead atoms. The lowest BCUT2D eigenvalue weighted by Crippen LogP contribution is -2.02. The van der Waals surface area contributed by atoms with Crippen molar-refractivity contribution >= 4 is 28.4 Å². The minimum atomic E-state index is -0.263. The molecule has 0 heterocycles. The van der Waals surface area contributed by atoms with Crippen molar-refractivity contribution < 1.29 is 14.3 Å². The zero-order valence-corrected chi connectivity index (χ0v) is 13.9. The molecule has 0 atom stereocenters. The first kappa shape index (κ1) is 15.9. The van der Waals surface area contributed by atoms with Gasteiger partial charge < -0.3 is 4.74 Å². The van der Waals surface area contributed by atoms with E-state index >= 15 is 0 Å². The van der Waals surface area contributed by atoms with Crippen molar-refractivity contribution in [3.8, 4) is 18.1 Å². The molecule has 0 radical (unpaired) electrons. The molecule has 0 N–H and O–H groups in total. The third-order valence-electron chi connectivity index (χ3n) is 4.44. The molecule has 0 aromatic heterocycles. The second-order valence-electron chi connectivity index (χ2n) is 5.95. The molecular weight excluding hydrogens is 324 g/mol. The van der Waals surface area contributed by atoms with Crippen molar-refractivity contribution in [2.24, 2.45) is 0 Å². The van der Waals surface area contributed by atoms with E-state index in [0.29, 0.717) is 22.4 Å². The van der Waals surface area contributed by atoms with Crippen LogP contribution in [0.4, 0.5) is 0 Å². The fourth-order valence-electron chi connectivity index (χ4n) is 3.22. The maximum atomic E-state index is 12.7. The van der Waals surface area contributed by atoms with E-state index in [2.05, 4.69) is 5.92 Å². The zero-order chi connectivity index (χ0) is 18.1. The van der Waals surface area contributed by atoms with Crippen LogP contribution < -0.4 is 4.74 Å². The van der Waals surface area contributed by atoms with E-state index in [1.54, 1.807) is 30.3 Å². The van der Waals surface area contributed by atoms with Crippen LogP contribution in [0, 0.1) is 12.3 Å². The van der Waals surface area contributed by atoms with E-state index < -0.39 is 0 Å². The highest BCUT2D eigenvalue weighted by atomic mass is 16.5. The molecular formula is C23H14O3. The minimum absolute atomic E-state index is 0.108. The minimum Gasteiger partial charge on any atom is -0.480 e. The smallest absolute Gasteiger partial charge is 0.197 e. The maximum Gasteiger partial charge on any atom is 0.197 e. The molecule has 3 aromatic carbocycles. The van der Waals surface area contributed by atoms with Crippen molar-refractivity contribution in [3.05, 3.63) is 82.9 Å². The van der Waals surface area contributed by atoms with Crippen molar-refractivity contribution in [1.29, 1.82) is 0 Å². The quantitative estimate of drug-likeness (QED) is 0.406. The van der Waals surface area contributed by atoms with Crippen LogP contribution in [0.25, 0.3) is 16.8 Å². The van der Waals surface area contributed by atoms with Gasteiger partial charge in [-0.15, -0.1) is 6.42 Å². The van der Waals surface area contributed by atoms with Gasteiger partial charge in [-0.2, -0.15) is 0 Å². The summed E-state index contributed by atoms with van der Waals surface area (Å²) in [6.07, 6.45) is 6.93. The van der Waals surface area contributed by atoms with E-state index in [9.17, 15) is 9.59 Å². The number of hydrogen-bond donors (Lipinski definition) is 0. The van der Waals surface area contributed by atoms with Gasteiger partial charge in [-0.3, -0.25) is 9.59 Å². The largest absolute Gasteiger partial charge is 0.480 e. The first-order valence-electron chi connectivity index (χ1n) is 8.19. The van der Waals surface area contributed by atoms with E-state index in [1.165, 1.54) is 0 Å². The van der Waals surface area contributed by atoms with Gasteiger partial charge in [0.05, 0.1) is 5.57 Å². The molecule has 124 valence electrons. The van der Waals surface area contributed by atoms with Gasteiger partial charge in [0.1, 0.15) is 12.4 Å².